The molecule has 26 heavy (non-hydrogen) atoms. The van der Waals surface area contributed by atoms with Gasteiger partial charge < -0.3 is 15.2 Å². The molecule has 1 heterocycles. The quantitative estimate of drug-likeness (QED) is 0.479. The summed E-state index contributed by atoms with van der Waals surface area (Å²) < 4.78 is 30.3. The SMILES string of the molecule is CCNc1c(NCc2ccc(-c3noc(C(F)(F)Cl)n3)cc2)c(=O)c1=O. The number of hydrogen-bond acceptors (Lipinski definition) is 7. The van der Waals surface area contributed by atoms with Crippen molar-refractivity contribution in [2.24, 2.45) is 0 Å². The van der Waals surface area contributed by atoms with Crippen molar-refractivity contribution in [2.75, 3.05) is 17.2 Å². The van der Waals surface area contributed by atoms with E-state index in [1.165, 1.54) is 0 Å². The molecule has 0 bridgehead atoms. The van der Waals surface area contributed by atoms with Gasteiger partial charge in [0.25, 0.3) is 10.9 Å². The topological polar surface area (TPSA) is 97.1 Å². The van der Waals surface area contributed by atoms with Crippen LogP contribution in [0.2, 0.25) is 0 Å². The summed E-state index contributed by atoms with van der Waals surface area (Å²) in [5.41, 5.74) is 0.721. The van der Waals surface area contributed by atoms with E-state index < -0.39 is 22.1 Å². The van der Waals surface area contributed by atoms with E-state index in [-0.39, 0.29) is 17.2 Å². The van der Waals surface area contributed by atoms with Gasteiger partial charge >= 0.3 is 11.3 Å². The molecule has 7 nitrogen and oxygen atoms in total. The molecule has 2 N–H and O–H groups in total. The zero-order valence-electron chi connectivity index (χ0n) is 13.5. The Hall–Kier alpha value is -2.81. The van der Waals surface area contributed by atoms with Gasteiger partial charge in [0.1, 0.15) is 11.4 Å². The number of alkyl halides is 3. The highest BCUT2D eigenvalue weighted by Crippen LogP contribution is 2.32. The standard InChI is InChI=1S/C16H13ClF2N4O3/c1-2-20-10-11(13(25)12(10)24)21-7-8-3-5-9(6-4-8)14-22-15(26-23-14)16(17,18)19/h3-6,20-21H,2,7H2,1H3. The second-order valence-electron chi connectivity index (χ2n) is 5.41. The van der Waals surface area contributed by atoms with Crippen molar-refractivity contribution < 1.29 is 13.3 Å². The van der Waals surface area contributed by atoms with Crippen LogP contribution < -0.4 is 21.5 Å². The van der Waals surface area contributed by atoms with Crippen LogP contribution in [0.1, 0.15) is 18.4 Å². The first-order chi connectivity index (χ1) is 12.3. The minimum Gasteiger partial charge on any atom is -0.380 e. The summed E-state index contributed by atoms with van der Waals surface area (Å²) in [6.07, 6.45) is 0. The first-order valence-corrected chi connectivity index (χ1v) is 8.00. The zero-order valence-corrected chi connectivity index (χ0v) is 14.2. The summed E-state index contributed by atoms with van der Waals surface area (Å²) in [5.74, 6) is -0.993. The molecule has 0 aliphatic carbocycles. The highest BCUT2D eigenvalue weighted by molar-refractivity contribution is 6.21. The van der Waals surface area contributed by atoms with Crippen LogP contribution in [0.15, 0.2) is 38.4 Å². The molecule has 0 aliphatic rings. The van der Waals surface area contributed by atoms with E-state index in [1.54, 1.807) is 24.3 Å². The van der Waals surface area contributed by atoms with Crippen LogP contribution in [0.5, 0.6) is 0 Å². The molecule has 0 atom stereocenters. The summed E-state index contributed by atoms with van der Waals surface area (Å²) >= 11 is 4.83. The minimum absolute atomic E-state index is 0.0169. The Balaban J connectivity index is 1.69. The Bertz CT molecular complexity index is 989. The van der Waals surface area contributed by atoms with Crippen molar-refractivity contribution in [1.29, 1.82) is 0 Å². The number of anilines is 2. The molecule has 3 rings (SSSR count). The number of rotatable bonds is 7. The second-order valence-corrected chi connectivity index (χ2v) is 5.88. The smallest absolute Gasteiger partial charge is 0.380 e. The average Bonchev–Trinajstić information content (AvgIpc) is 3.11. The fourth-order valence-electron chi connectivity index (χ4n) is 2.32. The fourth-order valence-corrected chi connectivity index (χ4v) is 2.40. The van der Waals surface area contributed by atoms with E-state index in [9.17, 15) is 18.4 Å². The normalized spacial score (nSPS) is 11.7. The van der Waals surface area contributed by atoms with Crippen LogP contribution in [-0.4, -0.2) is 16.7 Å². The Morgan fingerprint density at radius 1 is 1.12 bits per heavy atom. The van der Waals surface area contributed by atoms with Gasteiger partial charge in [0.05, 0.1) is 0 Å². The lowest BCUT2D eigenvalue weighted by atomic mass is 10.1. The molecule has 0 fully saturated rings. The number of nitrogens with zero attached hydrogens (tertiary/aromatic N) is 2. The third-order valence-corrected chi connectivity index (χ3v) is 3.78. The lowest BCUT2D eigenvalue weighted by molar-refractivity contribution is 0.0551. The van der Waals surface area contributed by atoms with Crippen LogP contribution in [0.25, 0.3) is 11.4 Å². The van der Waals surface area contributed by atoms with E-state index in [0.29, 0.717) is 18.7 Å². The molecule has 0 saturated heterocycles. The monoisotopic (exact) mass is 382 g/mol. The first kappa shape index (κ1) is 18.0. The predicted octanol–water partition coefficient (Wildman–Crippen LogP) is 2.66. The zero-order chi connectivity index (χ0) is 18.9. The van der Waals surface area contributed by atoms with E-state index in [4.69, 9.17) is 11.6 Å². The Labute approximate surface area is 150 Å². The molecule has 0 radical (unpaired) electrons. The molecule has 3 aromatic rings. The fraction of sp³-hybridized carbons (Fsp3) is 0.250. The maximum atomic E-state index is 12.9. The second kappa shape index (κ2) is 6.83. The van der Waals surface area contributed by atoms with E-state index >= 15 is 0 Å². The number of nitrogens with one attached hydrogen (secondary N) is 2. The summed E-state index contributed by atoms with van der Waals surface area (Å²) in [4.78, 5) is 26.6. The number of halogens is 3. The molecule has 0 amide bonds. The highest BCUT2D eigenvalue weighted by atomic mass is 35.5. The van der Waals surface area contributed by atoms with Crippen molar-refractivity contribution in [3.63, 3.8) is 0 Å². The van der Waals surface area contributed by atoms with Crippen LogP contribution in [0, 0.1) is 0 Å². The predicted molar refractivity (Wildman–Crippen MR) is 92.3 cm³/mol. The van der Waals surface area contributed by atoms with E-state index in [2.05, 4.69) is 25.3 Å². The molecule has 136 valence electrons. The van der Waals surface area contributed by atoms with Gasteiger partial charge in [-0.2, -0.15) is 13.8 Å². The van der Waals surface area contributed by atoms with E-state index in [1.807, 2.05) is 6.92 Å². The molecule has 0 saturated carbocycles. The third kappa shape index (κ3) is 3.43. The lowest BCUT2D eigenvalue weighted by Gasteiger charge is -2.13. The van der Waals surface area contributed by atoms with Crippen LogP contribution >= 0.6 is 11.6 Å². The maximum absolute atomic E-state index is 12.9. The van der Waals surface area contributed by atoms with Gasteiger partial charge in [-0.05, 0) is 24.1 Å². The summed E-state index contributed by atoms with van der Waals surface area (Å²) in [7, 11) is 0. The van der Waals surface area contributed by atoms with Crippen molar-refractivity contribution in [2.45, 2.75) is 18.9 Å². The first-order valence-electron chi connectivity index (χ1n) is 7.62. The van der Waals surface area contributed by atoms with Crippen LogP contribution in [0.3, 0.4) is 0 Å². The van der Waals surface area contributed by atoms with Gasteiger partial charge in [-0.25, -0.2) is 0 Å². The minimum atomic E-state index is -3.72. The Morgan fingerprint density at radius 3 is 2.27 bits per heavy atom. The van der Waals surface area contributed by atoms with Crippen molar-refractivity contribution in [3.05, 3.63) is 56.2 Å². The number of hydrogen-bond donors (Lipinski definition) is 2. The van der Waals surface area contributed by atoms with Crippen LogP contribution in [-0.2, 0) is 11.9 Å². The number of aromatic nitrogens is 2. The average molecular weight is 383 g/mol. The highest BCUT2D eigenvalue weighted by Gasteiger charge is 2.35. The van der Waals surface area contributed by atoms with Gasteiger partial charge in [0.2, 0.25) is 5.82 Å². The van der Waals surface area contributed by atoms with Gasteiger partial charge in [-0.1, -0.05) is 29.4 Å². The number of benzene rings is 1. The van der Waals surface area contributed by atoms with Crippen LogP contribution in [0.4, 0.5) is 20.2 Å². The maximum Gasteiger partial charge on any atom is 0.400 e. The Kier molecular flexibility index (Phi) is 4.73. The van der Waals surface area contributed by atoms with Gasteiger partial charge in [-0.3, -0.25) is 9.59 Å². The van der Waals surface area contributed by atoms with Gasteiger partial charge in [0.15, 0.2) is 0 Å². The van der Waals surface area contributed by atoms with Crippen molar-refractivity contribution in [3.8, 4) is 11.4 Å². The lowest BCUT2D eigenvalue weighted by Crippen LogP contribution is -2.37. The summed E-state index contributed by atoms with van der Waals surface area (Å²) in [5, 5.41) is 5.50. The van der Waals surface area contributed by atoms with Gasteiger partial charge in [0, 0.05) is 18.7 Å². The largest absolute Gasteiger partial charge is 0.400 e. The summed E-state index contributed by atoms with van der Waals surface area (Å²) in [6.45, 7) is 2.66. The molecule has 0 unspecified atom stereocenters. The van der Waals surface area contributed by atoms with Gasteiger partial charge in [-0.15, -0.1) is 0 Å². The molecular formula is C16H13ClF2N4O3. The molecule has 1 aromatic heterocycles. The molecule has 0 spiro atoms. The molecule has 0 aliphatic heterocycles. The Morgan fingerprint density at radius 2 is 1.73 bits per heavy atom. The summed E-state index contributed by atoms with van der Waals surface area (Å²) in [6, 6.07) is 6.64. The molecule has 10 heteroatoms. The molecule has 2 aromatic carbocycles. The molecular weight excluding hydrogens is 370 g/mol. The van der Waals surface area contributed by atoms with Crippen molar-refractivity contribution in [1.82, 2.24) is 10.1 Å². The third-order valence-electron chi connectivity index (χ3n) is 3.61. The van der Waals surface area contributed by atoms with E-state index in [0.717, 1.165) is 5.56 Å². The van der Waals surface area contributed by atoms with Crippen molar-refractivity contribution >= 4 is 23.0 Å².